The number of nitrogens with zero attached hydrogens (tertiary/aromatic N) is 1. The zero-order chi connectivity index (χ0) is 15.6. The number of amides is 1. The largest absolute Gasteiger partial charge is 0.444 e. The molecule has 1 fully saturated rings. The van der Waals surface area contributed by atoms with Gasteiger partial charge in [-0.25, -0.2) is 4.79 Å². The molecule has 2 aliphatic rings. The molecule has 4 atom stereocenters. The van der Waals surface area contributed by atoms with Crippen LogP contribution in [0.5, 0.6) is 0 Å². The van der Waals surface area contributed by atoms with Crippen LogP contribution in [-0.4, -0.2) is 42.8 Å². The van der Waals surface area contributed by atoms with Gasteiger partial charge in [-0.15, -0.1) is 0 Å². The summed E-state index contributed by atoms with van der Waals surface area (Å²) in [5.41, 5.74) is -0.429. The van der Waals surface area contributed by atoms with Gasteiger partial charge in [0.05, 0.1) is 0 Å². The van der Waals surface area contributed by atoms with Gasteiger partial charge >= 0.3 is 6.09 Å². The number of ether oxygens (including phenoxy) is 1. The number of hydrogen-bond acceptors (Lipinski definition) is 3. The van der Waals surface area contributed by atoms with Gasteiger partial charge in [-0.3, -0.25) is 0 Å². The lowest BCUT2D eigenvalue weighted by Crippen LogP contribution is -2.42. The summed E-state index contributed by atoms with van der Waals surface area (Å²) >= 11 is 0. The summed E-state index contributed by atoms with van der Waals surface area (Å²) in [6, 6.07) is 0.511. The maximum absolute atomic E-state index is 11.9. The molecule has 0 spiro atoms. The molecule has 0 aromatic heterocycles. The standard InChI is InChI=1S/C17H30N2O2/c1-12(15-11-13-6-7-14(15)10-13)18-8-9-19(5)16(20)21-17(2,3)4/h6-7,12-15,18H,8-11H2,1-5H3. The van der Waals surface area contributed by atoms with Crippen molar-refractivity contribution in [1.29, 1.82) is 0 Å². The number of carbonyl (C=O) groups excluding carboxylic acids is 1. The average Bonchev–Trinajstić information content (AvgIpc) is 2.98. The molecule has 0 heterocycles. The van der Waals surface area contributed by atoms with Crippen LogP contribution in [0.3, 0.4) is 0 Å². The van der Waals surface area contributed by atoms with Gasteiger partial charge in [0.25, 0.3) is 0 Å². The summed E-state index contributed by atoms with van der Waals surface area (Å²) in [4.78, 5) is 13.5. The van der Waals surface area contributed by atoms with E-state index in [1.54, 1.807) is 11.9 Å². The van der Waals surface area contributed by atoms with Crippen molar-refractivity contribution in [3.05, 3.63) is 12.2 Å². The molecular weight excluding hydrogens is 264 g/mol. The van der Waals surface area contributed by atoms with Gasteiger partial charge < -0.3 is 15.0 Å². The Morgan fingerprint density at radius 1 is 1.38 bits per heavy atom. The fraction of sp³-hybridized carbons (Fsp3) is 0.824. The highest BCUT2D eigenvalue weighted by Gasteiger charge is 2.38. The summed E-state index contributed by atoms with van der Waals surface area (Å²) in [5, 5.41) is 3.57. The second-order valence-electron chi connectivity index (χ2n) is 7.59. The smallest absolute Gasteiger partial charge is 0.410 e. The minimum Gasteiger partial charge on any atom is -0.444 e. The summed E-state index contributed by atoms with van der Waals surface area (Å²) < 4.78 is 5.35. The van der Waals surface area contributed by atoms with Gasteiger partial charge in [0.1, 0.15) is 5.60 Å². The van der Waals surface area contributed by atoms with Gasteiger partial charge in [-0.2, -0.15) is 0 Å². The van der Waals surface area contributed by atoms with E-state index >= 15 is 0 Å². The Morgan fingerprint density at radius 2 is 2.10 bits per heavy atom. The Morgan fingerprint density at radius 3 is 2.62 bits per heavy atom. The fourth-order valence-electron chi connectivity index (χ4n) is 3.44. The molecule has 1 saturated carbocycles. The van der Waals surface area contributed by atoms with Crippen molar-refractivity contribution in [3.8, 4) is 0 Å². The van der Waals surface area contributed by atoms with Crippen LogP contribution in [0.4, 0.5) is 4.79 Å². The Hall–Kier alpha value is -1.03. The number of rotatable bonds is 5. The molecule has 2 aliphatic carbocycles. The highest BCUT2D eigenvalue weighted by Crippen LogP contribution is 2.44. The van der Waals surface area contributed by atoms with E-state index in [9.17, 15) is 4.79 Å². The lowest BCUT2D eigenvalue weighted by Gasteiger charge is -2.28. The van der Waals surface area contributed by atoms with Crippen molar-refractivity contribution < 1.29 is 9.53 Å². The molecule has 4 unspecified atom stereocenters. The highest BCUT2D eigenvalue weighted by atomic mass is 16.6. The lowest BCUT2D eigenvalue weighted by atomic mass is 9.87. The number of hydrogen-bond donors (Lipinski definition) is 1. The first-order chi connectivity index (χ1) is 9.76. The SMILES string of the molecule is CC(NCCN(C)C(=O)OC(C)(C)C)C1CC2C=CC1C2. The first kappa shape index (κ1) is 16.3. The summed E-state index contributed by atoms with van der Waals surface area (Å²) in [6.45, 7) is 9.43. The molecule has 1 N–H and O–H groups in total. The topological polar surface area (TPSA) is 41.6 Å². The van der Waals surface area contributed by atoms with Crippen LogP contribution in [0, 0.1) is 17.8 Å². The van der Waals surface area contributed by atoms with Gasteiger partial charge in [0.2, 0.25) is 0 Å². The molecule has 0 aromatic carbocycles. The summed E-state index contributed by atoms with van der Waals surface area (Å²) in [5.74, 6) is 2.33. The van der Waals surface area contributed by atoms with E-state index < -0.39 is 5.60 Å². The minimum atomic E-state index is -0.429. The summed E-state index contributed by atoms with van der Waals surface area (Å²) in [6.07, 6.45) is 7.18. The van der Waals surface area contributed by atoms with E-state index in [1.807, 2.05) is 20.8 Å². The van der Waals surface area contributed by atoms with Gasteiger partial charge in [0, 0.05) is 26.2 Å². The molecule has 0 aliphatic heterocycles. The van der Waals surface area contributed by atoms with Crippen LogP contribution in [0.25, 0.3) is 0 Å². The average molecular weight is 294 g/mol. The fourth-order valence-corrected chi connectivity index (χ4v) is 3.44. The van der Waals surface area contributed by atoms with Crippen LogP contribution < -0.4 is 5.32 Å². The van der Waals surface area contributed by atoms with Crippen molar-refractivity contribution >= 4 is 6.09 Å². The molecule has 2 rings (SSSR count). The maximum atomic E-state index is 11.9. The van der Waals surface area contributed by atoms with Gasteiger partial charge in [-0.05, 0) is 58.3 Å². The van der Waals surface area contributed by atoms with E-state index in [-0.39, 0.29) is 6.09 Å². The first-order valence-corrected chi connectivity index (χ1v) is 8.12. The van der Waals surface area contributed by atoms with E-state index in [4.69, 9.17) is 4.74 Å². The molecule has 1 amide bonds. The van der Waals surface area contributed by atoms with E-state index in [1.165, 1.54) is 12.8 Å². The first-order valence-electron chi connectivity index (χ1n) is 8.12. The van der Waals surface area contributed by atoms with Crippen LogP contribution in [0.15, 0.2) is 12.2 Å². The Kier molecular flexibility index (Phi) is 4.97. The second kappa shape index (κ2) is 6.39. The molecular formula is C17H30N2O2. The normalized spacial score (nSPS) is 28.7. The van der Waals surface area contributed by atoms with Crippen LogP contribution in [0.2, 0.25) is 0 Å². The van der Waals surface area contributed by atoms with E-state index in [0.717, 1.165) is 24.3 Å². The molecule has 2 bridgehead atoms. The Labute approximate surface area is 128 Å². The minimum absolute atomic E-state index is 0.250. The van der Waals surface area contributed by atoms with Gasteiger partial charge in [-0.1, -0.05) is 12.2 Å². The molecule has 0 aromatic rings. The number of fused-ring (bicyclic) bond motifs is 2. The molecule has 120 valence electrons. The summed E-state index contributed by atoms with van der Waals surface area (Å²) in [7, 11) is 1.79. The highest BCUT2D eigenvalue weighted by molar-refractivity contribution is 5.67. The quantitative estimate of drug-likeness (QED) is 0.792. The predicted octanol–water partition coefficient (Wildman–Crippen LogP) is 3.04. The third-order valence-electron chi connectivity index (χ3n) is 4.59. The van der Waals surface area contributed by atoms with Crippen molar-refractivity contribution in [3.63, 3.8) is 0 Å². The maximum Gasteiger partial charge on any atom is 0.410 e. The number of nitrogens with one attached hydrogen (secondary N) is 1. The molecule has 21 heavy (non-hydrogen) atoms. The van der Waals surface area contributed by atoms with Crippen molar-refractivity contribution in [2.24, 2.45) is 17.8 Å². The monoisotopic (exact) mass is 294 g/mol. The lowest BCUT2D eigenvalue weighted by molar-refractivity contribution is 0.0298. The number of allylic oxidation sites excluding steroid dienone is 2. The number of carbonyl (C=O) groups is 1. The van der Waals surface area contributed by atoms with Crippen LogP contribution in [-0.2, 0) is 4.74 Å². The molecule has 4 heteroatoms. The van der Waals surface area contributed by atoms with Crippen molar-refractivity contribution in [2.45, 2.75) is 52.2 Å². The molecule has 0 saturated heterocycles. The Bertz CT molecular complexity index is 400. The van der Waals surface area contributed by atoms with Crippen molar-refractivity contribution in [2.75, 3.05) is 20.1 Å². The number of likely N-dealkylation sites (N-methyl/N-ethyl adjacent to an activating group) is 1. The zero-order valence-corrected chi connectivity index (χ0v) is 14.1. The molecule has 0 radical (unpaired) electrons. The van der Waals surface area contributed by atoms with Crippen molar-refractivity contribution in [1.82, 2.24) is 10.2 Å². The Balaban J connectivity index is 1.67. The third-order valence-corrected chi connectivity index (χ3v) is 4.59. The van der Waals surface area contributed by atoms with Gasteiger partial charge in [0.15, 0.2) is 0 Å². The van der Waals surface area contributed by atoms with E-state index in [2.05, 4.69) is 24.4 Å². The van der Waals surface area contributed by atoms with Crippen LogP contribution >= 0.6 is 0 Å². The third kappa shape index (κ3) is 4.47. The van der Waals surface area contributed by atoms with Crippen LogP contribution in [0.1, 0.15) is 40.5 Å². The molecule has 4 nitrogen and oxygen atoms in total. The predicted molar refractivity (Wildman–Crippen MR) is 85.2 cm³/mol. The van der Waals surface area contributed by atoms with E-state index in [0.29, 0.717) is 12.6 Å². The zero-order valence-electron chi connectivity index (χ0n) is 14.1. The second-order valence-corrected chi connectivity index (χ2v) is 7.59.